The second kappa shape index (κ2) is 10.5. The largest absolute Gasteiger partial charge is 0.367 e. The van der Waals surface area contributed by atoms with E-state index in [1.165, 1.54) is 11.3 Å². The number of nitrogens with one attached hydrogen (secondary N) is 2. The van der Waals surface area contributed by atoms with Crippen molar-refractivity contribution in [3.8, 4) is 0 Å². The van der Waals surface area contributed by atoms with Crippen LogP contribution in [0.1, 0.15) is 20.0 Å². The van der Waals surface area contributed by atoms with E-state index in [2.05, 4.69) is 15.5 Å². The molecule has 4 rings (SSSR count). The molecule has 1 saturated heterocycles. The molecule has 10 heteroatoms. The number of hydrogen-bond acceptors (Lipinski definition) is 5. The molecule has 0 saturated carbocycles. The van der Waals surface area contributed by atoms with E-state index >= 15 is 0 Å². The number of amides is 2. The van der Waals surface area contributed by atoms with Gasteiger partial charge in [-0.2, -0.15) is 0 Å². The molecule has 0 unspecified atom stereocenters. The Labute approximate surface area is 211 Å². The summed E-state index contributed by atoms with van der Waals surface area (Å²) in [5.74, 6) is -0.321. The van der Waals surface area contributed by atoms with Crippen molar-refractivity contribution in [2.45, 2.75) is 0 Å². The zero-order chi connectivity index (χ0) is 23.4. The maximum absolute atomic E-state index is 12.5. The first-order chi connectivity index (χ1) is 15.9. The number of carbonyl (C=O) groups excluding carboxylic acids is 2. The van der Waals surface area contributed by atoms with Gasteiger partial charge < -0.3 is 15.1 Å². The Kier molecular flexibility index (Phi) is 7.49. The first-order valence-electron chi connectivity index (χ1n) is 10.2. The Morgan fingerprint density at radius 2 is 1.70 bits per heavy atom. The molecule has 1 aliphatic heterocycles. The van der Waals surface area contributed by atoms with Gasteiger partial charge in [-0.25, -0.2) is 0 Å². The normalized spacial score (nSPS) is 13.5. The minimum atomic E-state index is -0.393. The molecule has 33 heavy (non-hydrogen) atoms. The number of rotatable bonds is 4. The highest BCUT2D eigenvalue weighted by Gasteiger charge is 2.24. The fourth-order valence-corrected chi connectivity index (χ4v) is 4.95. The Morgan fingerprint density at radius 1 is 0.939 bits per heavy atom. The van der Waals surface area contributed by atoms with Crippen LogP contribution in [0.3, 0.4) is 0 Å². The van der Waals surface area contributed by atoms with E-state index in [0.717, 1.165) is 10.6 Å². The zero-order valence-corrected chi connectivity index (χ0v) is 20.5. The van der Waals surface area contributed by atoms with Crippen molar-refractivity contribution in [2.24, 2.45) is 0 Å². The van der Waals surface area contributed by atoms with Crippen LogP contribution in [0.25, 0.3) is 0 Å². The van der Waals surface area contributed by atoms with Crippen LogP contribution in [-0.4, -0.2) is 48.0 Å². The molecule has 2 amide bonds. The fourth-order valence-electron chi connectivity index (χ4n) is 3.53. The standard InChI is InChI=1S/C23H20Cl2N4O2S2/c24-17-5-2-1-4-16(17)21(30)27-23(32)26-15-7-8-19(18(25)14-15)28-9-11-29(12-10-28)22(31)20-6-3-13-33-20/h1-8,13-14H,9-12H2,(H2,26,27,30,32). The van der Waals surface area contributed by atoms with Crippen molar-refractivity contribution in [1.29, 1.82) is 0 Å². The van der Waals surface area contributed by atoms with Crippen LogP contribution in [0.2, 0.25) is 10.0 Å². The first-order valence-corrected chi connectivity index (χ1v) is 12.2. The number of halogens is 2. The third-order valence-corrected chi connectivity index (χ3v) is 6.88. The first kappa shape index (κ1) is 23.5. The number of benzene rings is 2. The van der Waals surface area contributed by atoms with E-state index in [4.69, 9.17) is 35.4 Å². The minimum absolute atomic E-state index is 0.0719. The lowest BCUT2D eigenvalue weighted by Gasteiger charge is -2.36. The van der Waals surface area contributed by atoms with Gasteiger partial charge in [-0.3, -0.25) is 14.9 Å². The highest BCUT2D eigenvalue weighted by atomic mass is 35.5. The average Bonchev–Trinajstić information content (AvgIpc) is 3.34. The van der Waals surface area contributed by atoms with Crippen molar-refractivity contribution >= 4 is 75.1 Å². The van der Waals surface area contributed by atoms with Crippen LogP contribution in [-0.2, 0) is 0 Å². The van der Waals surface area contributed by atoms with Gasteiger partial charge >= 0.3 is 0 Å². The van der Waals surface area contributed by atoms with E-state index in [0.29, 0.717) is 47.5 Å². The maximum atomic E-state index is 12.5. The number of thiophene rings is 1. The van der Waals surface area contributed by atoms with Crippen molar-refractivity contribution in [3.05, 3.63) is 80.5 Å². The highest BCUT2D eigenvalue weighted by Crippen LogP contribution is 2.30. The summed E-state index contributed by atoms with van der Waals surface area (Å²) in [6.45, 7) is 2.64. The molecular weight excluding hydrogens is 499 g/mol. The second-order valence-electron chi connectivity index (χ2n) is 7.31. The molecule has 170 valence electrons. The molecule has 1 fully saturated rings. The summed E-state index contributed by atoms with van der Waals surface area (Å²) in [7, 11) is 0. The number of thiocarbonyl (C=S) groups is 1. The summed E-state index contributed by atoms with van der Waals surface area (Å²) in [5, 5.41) is 8.54. The third-order valence-electron chi connectivity index (χ3n) is 5.19. The fraction of sp³-hybridized carbons (Fsp3) is 0.174. The van der Waals surface area contributed by atoms with Crippen molar-refractivity contribution in [1.82, 2.24) is 10.2 Å². The summed E-state index contributed by atoms with van der Waals surface area (Å²) < 4.78 is 0. The number of carbonyl (C=O) groups is 2. The summed E-state index contributed by atoms with van der Waals surface area (Å²) >= 11 is 19.3. The Morgan fingerprint density at radius 3 is 2.36 bits per heavy atom. The topological polar surface area (TPSA) is 64.7 Å². The molecular formula is C23H20Cl2N4O2S2. The Balaban J connectivity index is 1.33. The number of piperazine rings is 1. The summed E-state index contributed by atoms with van der Waals surface area (Å²) in [4.78, 5) is 29.7. The lowest BCUT2D eigenvalue weighted by Crippen LogP contribution is -2.48. The molecule has 0 radical (unpaired) electrons. The van der Waals surface area contributed by atoms with Gasteiger partial charge in [-0.15, -0.1) is 11.3 Å². The van der Waals surface area contributed by atoms with Gasteiger partial charge in [0.05, 0.1) is 26.2 Å². The molecule has 0 bridgehead atoms. The molecule has 2 aromatic carbocycles. The molecule has 1 aliphatic rings. The van der Waals surface area contributed by atoms with Crippen molar-refractivity contribution in [2.75, 3.05) is 36.4 Å². The van der Waals surface area contributed by atoms with Gasteiger partial charge in [0.1, 0.15) is 0 Å². The van der Waals surface area contributed by atoms with E-state index in [-0.39, 0.29) is 11.0 Å². The predicted molar refractivity (Wildman–Crippen MR) is 139 cm³/mol. The molecule has 1 aromatic heterocycles. The molecule has 0 atom stereocenters. The summed E-state index contributed by atoms with van der Waals surface area (Å²) in [6.07, 6.45) is 0. The van der Waals surface area contributed by atoms with Gasteiger partial charge in [0, 0.05) is 31.9 Å². The third kappa shape index (κ3) is 5.65. The molecule has 2 heterocycles. The lowest BCUT2D eigenvalue weighted by atomic mass is 10.2. The second-order valence-corrected chi connectivity index (χ2v) is 9.48. The molecule has 0 aliphatic carbocycles. The highest BCUT2D eigenvalue weighted by molar-refractivity contribution is 7.80. The van der Waals surface area contributed by atoms with Crippen LogP contribution in [0.4, 0.5) is 11.4 Å². The number of nitrogens with zero attached hydrogens (tertiary/aromatic N) is 2. The predicted octanol–water partition coefficient (Wildman–Crippen LogP) is 5.14. The van der Waals surface area contributed by atoms with Crippen LogP contribution in [0.15, 0.2) is 60.0 Å². The number of anilines is 2. The Hall–Kier alpha value is -2.65. The van der Waals surface area contributed by atoms with Crippen LogP contribution in [0, 0.1) is 0 Å². The molecule has 3 aromatic rings. The maximum Gasteiger partial charge on any atom is 0.264 e. The van der Waals surface area contributed by atoms with Gasteiger partial charge in [-0.05, 0) is 54.0 Å². The smallest absolute Gasteiger partial charge is 0.264 e. The van der Waals surface area contributed by atoms with Crippen molar-refractivity contribution in [3.63, 3.8) is 0 Å². The van der Waals surface area contributed by atoms with E-state index < -0.39 is 5.91 Å². The monoisotopic (exact) mass is 518 g/mol. The van der Waals surface area contributed by atoms with Gasteiger partial charge in [0.25, 0.3) is 11.8 Å². The van der Waals surface area contributed by atoms with Crippen LogP contribution < -0.4 is 15.5 Å². The van der Waals surface area contributed by atoms with E-state index in [1.54, 1.807) is 30.3 Å². The number of hydrogen-bond donors (Lipinski definition) is 2. The average molecular weight is 519 g/mol. The summed E-state index contributed by atoms with van der Waals surface area (Å²) in [5.41, 5.74) is 1.88. The quantitative estimate of drug-likeness (QED) is 0.468. The van der Waals surface area contributed by atoms with Gasteiger partial charge in [0.15, 0.2) is 5.11 Å². The van der Waals surface area contributed by atoms with Gasteiger partial charge in [0.2, 0.25) is 0 Å². The molecule has 6 nitrogen and oxygen atoms in total. The van der Waals surface area contributed by atoms with E-state index in [1.807, 2.05) is 34.5 Å². The molecule has 0 spiro atoms. The zero-order valence-electron chi connectivity index (χ0n) is 17.4. The summed E-state index contributed by atoms with van der Waals surface area (Å²) in [6, 6.07) is 16.0. The van der Waals surface area contributed by atoms with E-state index in [9.17, 15) is 9.59 Å². The molecule has 2 N–H and O–H groups in total. The minimum Gasteiger partial charge on any atom is -0.367 e. The van der Waals surface area contributed by atoms with Crippen LogP contribution >= 0.6 is 46.8 Å². The lowest BCUT2D eigenvalue weighted by molar-refractivity contribution is 0.0751. The Bertz CT molecular complexity index is 1180. The van der Waals surface area contributed by atoms with Crippen molar-refractivity contribution < 1.29 is 9.59 Å². The van der Waals surface area contributed by atoms with Gasteiger partial charge in [-0.1, -0.05) is 41.4 Å². The SMILES string of the molecule is O=C(NC(=S)Nc1ccc(N2CCN(C(=O)c3cccs3)CC2)c(Cl)c1)c1ccccc1Cl. The van der Waals surface area contributed by atoms with Crippen LogP contribution in [0.5, 0.6) is 0 Å².